The molecule has 0 spiro atoms. The molecule has 0 radical (unpaired) electrons. The van der Waals surface area contributed by atoms with Gasteiger partial charge in [0.1, 0.15) is 12.4 Å². The third kappa shape index (κ3) is 5.55. The van der Waals surface area contributed by atoms with Crippen LogP contribution in [0.1, 0.15) is 32.0 Å². The summed E-state index contributed by atoms with van der Waals surface area (Å²) in [6.45, 7) is 10.5. The van der Waals surface area contributed by atoms with Gasteiger partial charge in [-0.05, 0) is 39.8 Å². The van der Waals surface area contributed by atoms with Crippen molar-refractivity contribution in [3.63, 3.8) is 0 Å². The van der Waals surface area contributed by atoms with Gasteiger partial charge in [-0.3, -0.25) is 0 Å². The first kappa shape index (κ1) is 15.5. The van der Waals surface area contributed by atoms with Crippen molar-refractivity contribution < 1.29 is 4.74 Å². The number of hydrogen-bond acceptors (Lipinski definition) is 4. The maximum absolute atomic E-state index is 5.68. The zero-order valence-corrected chi connectivity index (χ0v) is 13.3. The van der Waals surface area contributed by atoms with E-state index in [1.165, 1.54) is 5.56 Å². The number of ether oxygens (including phenoxy) is 1. The van der Waals surface area contributed by atoms with Crippen molar-refractivity contribution in [3.05, 3.63) is 41.7 Å². The van der Waals surface area contributed by atoms with E-state index in [0.29, 0.717) is 13.2 Å². The van der Waals surface area contributed by atoms with E-state index in [9.17, 15) is 0 Å². The van der Waals surface area contributed by atoms with Crippen LogP contribution in [-0.4, -0.2) is 27.1 Å². The summed E-state index contributed by atoms with van der Waals surface area (Å²) < 4.78 is 7.50. The molecular formula is C16H24N4O. The van der Waals surface area contributed by atoms with E-state index in [2.05, 4.69) is 43.3 Å². The van der Waals surface area contributed by atoms with Crippen LogP contribution in [0, 0.1) is 6.92 Å². The average molecular weight is 288 g/mol. The van der Waals surface area contributed by atoms with Crippen molar-refractivity contribution in [1.29, 1.82) is 0 Å². The van der Waals surface area contributed by atoms with Crippen molar-refractivity contribution in [2.24, 2.45) is 0 Å². The molecule has 5 heteroatoms. The molecule has 0 fully saturated rings. The highest BCUT2D eigenvalue weighted by Gasteiger charge is 2.10. The molecule has 0 bridgehead atoms. The van der Waals surface area contributed by atoms with Gasteiger partial charge in [0.15, 0.2) is 0 Å². The average Bonchev–Trinajstić information content (AvgIpc) is 2.86. The normalized spacial score (nSPS) is 11.6. The lowest BCUT2D eigenvalue weighted by Gasteiger charge is -2.19. The minimum Gasteiger partial charge on any atom is -0.492 e. The number of rotatable bonds is 6. The van der Waals surface area contributed by atoms with Crippen LogP contribution in [-0.2, 0) is 13.1 Å². The number of aromatic nitrogens is 3. The Bertz CT molecular complexity index is 554. The van der Waals surface area contributed by atoms with E-state index in [1.807, 2.05) is 35.1 Å². The topological polar surface area (TPSA) is 52.0 Å². The number of nitrogens with zero attached hydrogens (tertiary/aromatic N) is 3. The summed E-state index contributed by atoms with van der Waals surface area (Å²) >= 11 is 0. The fourth-order valence-corrected chi connectivity index (χ4v) is 1.78. The van der Waals surface area contributed by atoms with Crippen LogP contribution in [0.5, 0.6) is 5.75 Å². The highest BCUT2D eigenvalue weighted by atomic mass is 16.5. The minimum absolute atomic E-state index is 0.0817. The number of nitrogens with one attached hydrogen (secondary N) is 1. The van der Waals surface area contributed by atoms with Crippen LogP contribution in [0.3, 0.4) is 0 Å². The zero-order valence-electron chi connectivity index (χ0n) is 13.3. The van der Waals surface area contributed by atoms with Crippen LogP contribution in [0.15, 0.2) is 30.5 Å². The Labute approximate surface area is 126 Å². The van der Waals surface area contributed by atoms with Crippen molar-refractivity contribution in [1.82, 2.24) is 20.3 Å². The highest BCUT2D eigenvalue weighted by Crippen LogP contribution is 2.11. The molecule has 114 valence electrons. The fraction of sp³-hybridized carbons (Fsp3) is 0.500. The zero-order chi connectivity index (χ0) is 15.3. The second-order valence-corrected chi connectivity index (χ2v) is 6.24. The van der Waals surface area contributed by atoms with E-state index < -0.39 is 0 Å². The van der Waals surface area contributed by atoms with Crippen molar-refractivity contribution >= 4 is 0 Å². The van der Waals surface area contributed by atoms with Gasteiger partial charge in [0, 0.05) is 18.3 Å². The number of hydrogen-bond donors (Lipinski definition) is 1. The largest absolute Gasteiger partial charge is 0.492 e. The molecule has 0 amide bonds. The van der Waals surface area contributed by atoms with Gasteiger partial charge in [-0.25, -0.2) is 4.68 Å². The third-order valence-electron chi connectivity index (χ3n) is 3.00. The molecule has 0 aliphatic carbocycles. The molecule has 0 atom stereocenters. The monoisotopic (exact) mass is 288 g/mol. The third-order valence-corrected chi connectivity index (χ3v) is 3.00. The quantitative estimate of drug-likeness (QED) is 0.887. The molecule has 2 aromatic rings. The van der Waals surface area contributed by atoms with Crippen molar-refractivity contribution in [2.45, 2.75) is 46.3 Å². The van der Waals surface area contributed by atoms with Gasteiger partial charge in [-0.15, -0.1) is 5.10 Å². The highest BCUT2D eigenvalue weighted by molar-refractivity contribution is 5.26. The van der Waals surface area contributed by atoms with E-state index in [-0.39, 0.29) is 5.54 Å². The van der Waals surface area contributed by atoms with E-state index in [0.717, 1.165) is 18.0 Å². The Morgan fingerprint density at radius 2 is 1.90 bits per heavy atom. The Morgan fingerprint density at radius 3 is 2.57 bits per heavy atom. The summed E-state index contributed by atoms with van der Waals surface area (Å²) in [4.78, 5) is 0. The second kappa shape index (κ2) is 6.72. The molecule has 0 saturated heterocycles. The van der Waals surface area contributed by atoms with Crippen LogP contribution in [0.2, 0.25) is 0 Å². The summed E-state index contributed by atoms with van der Waals surface area (Å²) in [6, 6.07) is 8.05. The maximum atomic E-state index is 5.68. The molecule has 1 aromatic heterocycles. The molecular weight excluding hydrogens is 264 g/mol. The Balaban J connectivity index is 1.76. The van der Waals surface area contributed by atoms with Gasteiger partial charge in [-0.1, -0.05) is 22.9 Å². The van der Waals surface area contributed by atoms with E-state index in [1.54, 1.807) is 0 Å². The SMILES string of the molecule is Cc1ccc(OCCn2cc(CNC(C)(C)C)nn2)cc1. The lowest BCUT2D eigenvalue weighted by atomic mass is 10.1. The Kier molecular flexibility index (Phi) is 4.96. The first-order valence-corrected chi connectivity index (χ1v) is 7.26. The first-order chi connectivity index (χ1) is 9.92. The minimum atomic E-state index is 0.0817. The molecule has 0 aliphatic rings. The molecule has 5 nitrogen and oxygen atoms in total. The standard InChI is InChI=1S/C16H24N4O/c1-13-5-7-15(8-6-13)21-10-9-20-12-14(18-19-20)11-17-16(2,3)4/h5-8,12,17H,9-11H2,1-4H3. The van der Waals surface area contributed by atoms with Gasteiger partial charge in [-0.2, -0.15) is 0 Å². The van der Waals surface area contributed by atoms with E-state index in [4.69, 9.17) is 4.74 Å². The Morgan fingerprint density at radius 1 is 1.19 bits per heavy atom. The van der Waals surface area contributed by atoms with Gasteiger partial charge < -0.3 is 10.1 Å². The van der Waals surface area contributed by atoms with Gasteiger partial charge in [0.2, 0.25) is 0 Å². The summed E-state index contributed by atoms with van der Waals surface area (Å²) in [5, 5.41) is 11.7. The fourth-order valence-electron chi connectivity index (χ4n) is 1.78. The molecule has 21 heavy (non-hydrogen) atoms. The summed E-state index contributed by atoms with van der Waals surface area (Å²) in [6.07, 6.45) is 1.96. The summed E-state index contributed by atoms with van der Waals surface area (Å²) in [7, 11) is 0. The summed E-state index contributed by atoms with van der Waals surface area (Å²) in [5.74, 6) is 0.885. The number of benzene rings is 1. The van der Waals surface area contributed by atoms with E-state index >= 15 is 0 Å². The molecule has 1 aromatic carbocycles. The van der Waals surface area contributed by atoms with Gasteiger partial charge in [0.25, 0.3) is 0 Å². The van der Waals surface area contributed by atoms with Crippen LogP contribution in [0.25, 0.3) is 0 Å². The molecule has 2 rings (SSSR count). The van der Waals surface area contributed by atoms with Gasteiger partial charge >= 0.3 is 0 Å². The summed E-state index contributed by atoms with van der Waals surface area (Å²) in [5.41, 5.74) is 2.26. The van der Waals surface area contributed by atoms with Crippen molar-refractivity contribution in [3.8, 4) is 5.75 Å². The first-order valence-electron chi connectivity index (χ1n) is 7.26. The van der Waals surface area contributed by atoms with Gasteiger partial charge in [0.05, 0.1) is 12.2 Å². The molecule has 1 heterocycles. The molecule has 0 unspecified atom stereocenters. The van der Waals surface area contributed by atoms with Crippen LogP contribution < -0.4 is 10.1 Å². The predicted octanol–water partition coefficient (Wildman–Crippen LogP) is 2.55. The van der Waals surface area contributed by atoms with Crippen molar-refractivity contribution in [2.75, 3.05) is 6.61 Å². The second-order valence-electron chi connectivity index (χ2n) is 6.24. The molecule has 1 N–H and O–H groups in total. The number of aryl methyl sites for hydroxylation is 1. The van der Waals surface area contributed by atoms with Crippen LogP contribution >= 0.6 is 0 Å². The maximum Gasteiger partial charge on any atom is 0.119 e. The van der Waals surface area contributed by atoms with Crippen LogP contribution in [0.4, 0.5) is 0 Å². The molecule has 0 saturated carbocycles. The lowest BCUT2D eigenvalue weighted by molar-refractivity contribution is 0.289. The predicted molar refractivity (Wildman–Crippen MR) is 83.3 cm³/mol. The smallest absolute Gasteiger partial charge is 0.119 e. The Hall–Kier alpha value is -1.88. The lowest BCUT2D eigenvalue weighted by Crippen LogP contribution is -2.35. The molecule has 0 aliphatic heterocycles.